The maximum atomic E-state index is 13.6. The number of ether oxygens (including phenoxy) is 1. The minimum absolute atomic E-state index is 0.0740. The lowest BCUT2D eigenvalue weighted by Gasteiger charge is -2.09. The summed E-state index contributed by atoms with van der Waals surface area (Å²) >= 11 is 0. The molecule has 0 aliphatic heterocycles. The van der Waals surface area contributed by atoms with Gasteiger partial charge in [-0.3, -0.25) is 4.79 Å². The Bertz CT molecular complexity index is 466. The molecule has 0 radical (unpaired) electrons. The van der Waals surface area contributed by atoms with E-state index in [9.17, 15) is 9.18 Å². The molecule has 0 atom stereocenters. The van der Waals surface area contributed by atoms with Crippen molar-refractivity contribution in [2.24, 2.45) is 0 Å². The summed E-state index contributed by atoms with van der Waals surface area (Å²) in [5.74, 6) is -1.24. The molecular weight excluding hydrogens is 225 g/mol. The number of halogens is 1. The van der Waals surface area contributed by atoms with Crippen LogP contribution in [0, 0.1) is 17.1 Å². The molecule has 0 aliphatic carbocycles. The topological polar surface area (TPSA) is 70.3 Å². The van der Waals surface area contributed by atoms with Crippen molar-refractivity contribution in [1.29, 1.82) is 5.26 Å². The molecule has 0 amide bonds. The van der Waals surface area contributed by atoms with E-state index in [1.807, 2.05) is 0 Å². The Morgan fingerprint density at radius 3 is 2.82 bits per heavy atom. The molecule has 0 saturated carbocycles. The monoisotopic (exact) mass is 237 g/mol. The fourth-order valence-electron chi connectivity index (χ4n) is 1.45. The predicted molar refractivity (Wildman–Crippen MR) is 57.4 cm³/mol. The number of rotatable bonds is 4. The third-order valence-electron chi connectivity index (χ3n) is 2.21. The van der Waals surface area contributed by atoms with Crippen LogP contribution in [0.15, 0.2) is 12.1 Å². The molecule has 0 bridgehead atoms. The SMILES string of the molecule is CCOC(=O)Cc1c(F)cc(C#N)cc1CO. The largest absolute Gasteiger partial charge is 0.466 e. The molecule has 1 N–H and O–H groups in total. The highest BCUT2D eigenvalue weighted by Gasteiger charge is 2.14. The minimum Gasteiger partial charge on any atom is -0.466 e. The molecule has 0 fully saturated rings. The van der Waals surface area contributed by atoms with E-state index in [1.165, 1.54) is 6.07 Å². The number of aliphatic hydroxyl groups excluding tert-OH is 1. The molecule has 0 spiro atoms. The quantitative estimate of drug-likeness (QED) is 0.801. The Kier molecular flexibility index (Phi) is 4.61. The van der Waals surface area contributed by atoms with Gasteiger partial charge < -0.3 is 9.84 Å². The van der Waals surface area contributed by atoms with E-state index in [0.29, 0.717) is 0 Å². The first kappa shape index (κ1) is 13.1. The van der Waals surface area contributed by atoms with Crippen LogP contribution in [-0.4, -0.2) is 17.7 Å². The first-order valence-corrected chi connectivity index (χ1v) is 5.10. The number of aliphatic hydroxyl groups is 1. The fourth-order valence-corrected chi connectivity index (χ4v) is 1.45. The van der Waals surface area contributed by atoms with Crippen LogP contribution in [-0.2, 0) is 22.6 Å². The summed E-state index contributed by atoms with van der Waals surface area (Å²) in [6.07, 6.45) is -0.249. The Hall–Kier alpha value is -1.93. The van der Waals surface area contributed by atoms with Gasteiger partial charge in [0, 0.05) is 5.56 Å². The van der Waals surface area contributed by atoms with Crippen molar-refractivity contribution in [2.45, 2.75) is 20.0 Å². The summed E-state index contributed by atoms with van der Waals surface area (Å²) in [4.78, 5) is 11.3. The highest BCUT2D eigenvalue weighted by Crippen LogP contribution is 2.17. The second-order valence-electron chi connectivity index (χ2n) is 3.35. The number of hydrogen-bond donors (Lipinski definition) is 1. The van der Waals surface area contributed by atoms with Crippen LogP contribution in [0.5, 0.6) is 0 Å². The molecule has 1 aromatic carbocycles. The molecule has 5 heteroatoms. The van der Waals surface area contributed by atoms with Crippen LogP contribution < -0.4 is 0 Å². The van der Waals surface area contributed by atoms with E-state index in [4.69, 9.17) is 15.1 Å². The third-order valence-corrected chi connectivity index (χ3v) is 2.21. The number of nitriles is 1. The molecule has 17 heavy (non-hydrogen) atoms. The van der Waals surface area contributed by atoms with Gasteiger partial charge in [0.1, 0.15) is 5.82 Å². The Labute approximate surface area is 98.2 Å². The molecule has 0 saturated heterocycles. The van der Waals surface area contributed by atoms with Gasteiger partial charge in [-0.1, -0.05) is 0 Å². The molecule has 0 heterocycles. The molecule has 4 nitrogen and oxygen atoms in total. The zero-order chi connectivity index (χ0) is 12.8. The Balaban J connectivity index is 3.06. The second-order valence-corrected chi connectivity index (χ2v) is 3.35. The number of hydrogen-bond acceptors (Lipinski definition) is 4. The van der Waals surface area contributed by atoms with Crippen molar-refractivity contribution in [1.82, 2.24) is 0 Å². The van der Waals surface area contributed by atoms with Gasteiger partial charge in [0.05, 0.1) is 31.3 Å². The zero-order valence-corrected chi connectivity index (χ0v) is 9.36. The van der Waals surface area contributed by atoms with Crippen molar-refractivity contribution < 1.29 is 19.0 Å². The van der Waals surface area contributed by atoms with Crippen LogP contribution in [0.3, 0.4) is 0 Å². The summed E-state index contributed by atoms with van der Waals surface area (Å²) in [5, 5.41) is 17.7. The second kappa shape index (κ2) is 5.97. The summed E-state index contributed by atoms with van der Waals surface area (Å²) in [5.41, 5.74) is 0.415. The summed E-state index contributed by atoms with van der Waals surface area (Å²) in [6, 6.07) is 4.18. The van der Waals surface area contributed by atoms with Crippen molar-refractivity contribution in [3.63, 3.8) is 0 Å². The average Bonchev–Trinajstić information content (AvgIpc) is 2.31. The zero-order valence-electron chi connectivity index (χ0n) is 9.36. The number of benzene rings is 1. The van der Waals surface area contributed by atoms with Crippen LogP contribution in [0.25, 0.3) is 0 Å². The van der Waals surface area contributed by atoms with Gasteiger partial charge in [-0.2, -0.15) is 5.26 Å². The normalized spacial score (nSPS) is 9.76. The predicted octanol–water partition coefficient (Wildman–Crippen LogP) is 1.30. The molecule has 0 aromatic heterocycles. The highest BCUT2D eigenvalue weighted by atomic mass is 19.1. The van der Waals surface area contributed by atoms with E-state index in [0.717, 1.165) is 6.07 Å². The Morgan fingerprint density at radius 1 is 1.59 bits per heavy atom. The fraction of sp³-hybridized carbons (Fsp3) is 0.333. The van der Waals surface area contributed by atoms with E-state index >= 15 is 0 Å². The number of esters is 1. The first-order chi connectivity index (χ1) is 8.12. The molecule has 0 aliphatic rings. The van der Waals surface area contributed by atoms with Gasteiger partial charge >= 0.3 is 5.97 Å². The Morgan fingerprint density at radius 2 is 2.29 bits per heavy atom. The number of nitrogens with zero attached hydrogens (tertiary/aromatic N) is 1. The van der Waals surface area contributed by atoms with Crippen LogP contribution in [0.4, 0.5) is 4.39 Å². The highest BCUT2D eigenvalue weighted by molar-refractivity contribution is 5.73. The smallest absolute Gasteiger partial charge is 0.310 e. The third kappa shape index (κ3) is 3.26. The molecule has 90 valence electrons. The molecular formula is C12H12FNO3. The summed E-state index contributed by atoms with van der Waals surface area (Å²) < 4.78 is 18.3. The van der Waals surface area contributed by atoms with Gasteiger partial charge in [-0.15, -0.1) is 0 Å². The van der Waals surface area contributed by atoms with Gasteiger partial charge in [0.15, 0.2) is 0 Å². The maximum Gasteiger partial charge on any atom is 0.310 e. The molecule has 1 aromatic rings. The van der Waals surface area contributed by atoms with Crippen molar-refractivity contribution >= 4 is 5.97 Å². The van der Waals surface area contributed by atoms with E-state index in [1.54, 1.807) is 13.0 Å². The summed E-state index contributed by atoms with van der Waals surface area (Å²) in [6.45, 7) is 1.44. The van der Waals surface area contributed by atoms with Crippen LogP contribution in [0.2, 0.25) is 0 Å². The lowest BCUT2D eigenvalue weighted by atomic mass is 10.0. The van der Waals surface area contributed by atoms with Gasteiger partial charge in [0.25, 0.3) is 0 Å². The first-order valence-electron chi connectivity index (χ1n) is 5.10. The van der Waals surface area contributed by atoms with Gasteiger partial charge in [-0.05, 0) is 24.6 Å². The number of carbonyl (C=O) groups excluding carboxylic acids is 1. The van der Waals surface area contributed by atoms with Crippen molar-refractivity contribution in [2.75, 3.05) is 6.61 Å². The maximum absolute atomic E-state index is 13.6. The van der Waals surface area contributed by atoms with Crippen LogP contribution >= 0.6 is 0 Å². The van der Waals surface area contributed by atoms with Gasteiger partial charge in [-0.25, -0.2) is 4.39 Å². The average molecular weight is 237 g/mol. The van der Waals surface area contributed by atoms with E-state index in [2.05, 4.69) is 0 Å². The van der Waals surface area contributed by atoms with E-state index in [-0.39, 0.29) is 29.7 Å². The van der Waals surface area contributed by atoms with E-state index < -0.39 is 18.4 Å². The van der Waals surface area contributed by atoms with Crippen molar-refractivity contribution in [3.8, 4) is 6.07 Å². The molecule has 1 rings (SSSR count). The van der Waals surface area contributed by atoms with Crippen molar-refractivity contribution in [3.05, 3.63) is 34.6 Å². The lowest BCUT2D eigenvalue weighted by molar-refractivity contribution is -0.142. The van der Waals surface area contributed by atoms with Gasteiger partial charge in [0.2, 0.25) is 0 Å². The standard InChI is InChI=1S/C12H12FNO3/c1-2-17-12(16)5-10-9(7-15)3-8(6-14)4-11(10)13/h3-4,15H,2,5,7H2,1H3. The summed E-state index contributed by atoms with van der Waals surface area (Å²) in [7, 11) is 0. The molecule has 0 unspecified atom stereocenters. The van der Waals surface area contributed by atoms with Crippen LogP contribution in [0.1, 0.15) is 23.6 Å². The lowest BCUT2D eigenvalue weighted by Crippen LogP contribution is -2.11. The number of carbonyl (C=O) groups is 1. The minimum atomic E-state index is -0.679.